The van der Waals surface area contributed by atoms with E-state index in [9.17, 15) is 5.11 Å². The lowest BCUT2D eigenvalue weighted by atomic mass is 9.63. The van der Waals surface area contributed by atoms with Gasteiger partial charge >= 0.3 is 0 Å². The molecule has 0 bridgehead atoms. The van der Waals surface area contributed by atoms with Crippen LogP contribution in [0.2, 0.25) is 0 Å². The summed E-state index contributed by atoms with van der Waals surface area (Å²) >= 11 is 0. The minimum Gasteiger partial charge on any atom is -0.507 e. The van der Waals surface area contributed by atoms with Gasteiger partial charge < -0.3 is 5.11 Å². The Kier molecular flexibility index (Phi) is 8.25. The lowest BCUT2D eigenvalue weighted by molar-refractivity contribution is 0.257. The number of aliphatic imine (C=N–C) groups is 1. The van der Waals surface area contributed by atoms with Crippen LogP contribution in [0.25, 0.3) is 43.4 Å². The molecule has 6 aromatic rings. The highest BCUT2D eigenvalue weighted by atomic mass is 31.1. The fourth-order valence-corrected chi connectivity index (χ4v) is 13.6. The molecule has 2 atom stereocenters. The van der Waals surface area contributed by atoms with Crippen LogP contribution in [0.4, 0.5) is 5.69 Å². The molecule has 3 aliphatic rings. The average molecular weight is 660 g/mol. The highest BCUT2D eigenvalue weighted by Crippen LogP contribution is 2.66. The molecule has 2 unspecified atom stereocenters. The van der Waals surface area contributed by atoms with Crippen LogP contribution in [0.1, 0.15) is 76.2 Å². The van der Waals surface area contributed by atoms with Crippen LogP contribution >= 0.6 is 7.92 Å². The van der Waals surface area contributed by atoms with Crippen molar-refractivity contribution in [3.63, 3.8) is 0 Å². The Morgan fingerprint density at radius 3 is 1.90 bits per heavy atom. The molecular formula is C46H46NOP. The van der Waals surface area contributed by atoms with Gasteiger partial charge in [-0.3, -0.25) is 4.99 Å². The molecule has 1 saturated heterocycles. The zero-order valence-corrected chi connectivity index (χ0v) is 29.3. The van der Waals surface area contributed by atoms with Crippen molar-refractivity contribution in [3.8, 4) is 16.9 Å². The van der Waals surface area contributed by atoms with E-state index in [1.54, 1.807) is 0 Å². The van der Waals surface area contributed by atoms with Crippen molar-refractivity contribution in [1.82, 2.24) is 0 Å². The lowest BCUT2D eigenvalue weighted by Crippen LogP contribution is -2.41. The Bertz CT molecular complexity index is 2130. The molecule has 2 aliphatic carbocycles. The van der Waals surface area contributed by atoms with Gasteiger partial charge in [-0.15, -0.1) is 0 Å². The van der Waals surface area contributed by atoms with Gasteiger partial charge in [-0.1, -0.05) is 150 Å². The summed E-state index contributed by atoms with van der Waals surface area (Å²) in [5, 5.41) is 20.2. The number of benzene rings is 6. The molecule has 2 saturated carbocycles. The topological polar surface area (TPSA) is 32.6 Å². The molecule has 2 nitrogen and oxygen atoms in total. The van der Waals surface area contributed by atoms with Crippen LogP contribution in [0.5, 0.6) is 5.75 Å². The number of rotatable bonds is 5. The molecular weight excluding hydrogens is 613 g/mol. The normalized spacial score (nSPS) is 23.2. The number of hydrogen-bond acceptors (Lipinski definition) is 2. The van der Waals surface area contributed by atoms with Crippen LogP contribution in [0.15, 0.2) is 120 Å². The van der Waals surface area contributed by atoms with Crippen molar-refractivity contribution in [2.75, 3.05) is 6.16 Å². The number of aromatic hydroxyl groups is 1. The number of fused-ring (bicyclic) bond motifs is 3. The van der Waals surface area contributed by atoms with E-state index in [2.05, 4.69) is 115 Å². The number of phenols is 1. The Morgan fingerprint density at radius 1 is 0.592 bits per heavy atom. The van der Waals surface area contributed by atoms with Gasteiger partial charge in [0, 0.05) is 27.5 Å². The first-order valence-corrected chi connectivity index (χ1v) is 20.4. The predicted octanol–water partition coefficient (Wildman–Crippen LogP) is 13.3. The van der Waals surface area contributed by atoms with Crippen molar-refractivity contribution in [2.24, 2.45) is 10.9 Å². The standard InChI is InChI=1S/C46H46NOP/c48-44-40(43-38-24-11-8-16-33(38)31-34-17-9-12-25-39(34)43)26-14-27-41(44)46(35-19-3-1-4-20-35)29-30-49(36-21-5-2-6-22-36)45(46)47-42-28-13-18-32-15-7-10-23-37(32)42/h7-18,23-28,31,35-36,48H,1-6,19-22,29-30H2. The summed E-state index contributed by atoms with van der Waals surface area (Å²) in [5.74, 6) is 0.956. The summed E-state index contributed by atoms with van der Waals surface area (Å²) in [6, 6.07) is 41.8. The van der Waals surface area contributed by atoms with E-state index in [0.717, 1.165) is 34.5 Å². The number of phenolic OH excluding ortho intramolecular Hbond substituents is 1. The van der Waals surface area contributed by atoms with Crippen molar-refractivity contribution in [1.29, 1.82) is 0 Å². The first-order valence-electron chi connectivity index (χ1n) is 18.8. The predicted molar refractivity (Wildman–Crippen MR) is 211 cm³/mol. The summed E-state index contributed by atoms with van der Waals surface area (Å²) in [4.78, 5) is 5.93. The van der Waals surface area contributed by atoms with Crippen molar-refractivity contribution >= 4 is 51.4 Å². The van der Waals surface area contributed by atoms with Gasteiger partial charge in [0.25, 0.3) is 0 Å². The Labute approximate surface area is 292 Å². The zero-order valence-electron chi connectivity index (χ0n) is 28.5. The van der Waals surface area contributed by atoms with Gasteiger partial charge in [-0.2, -0.15) is 0 Å². The largest absolute Gasteiger partial charge is 0.507 e. The monoisotopic (exact) mass is 659 g/mol. The second-order valence-corrected chi connectivity index (χ2v) is 17.4. The van der Waals surface area contributed by atoms with Crippen LogP contribution < -0.4 is 0 Å². The van der Waals surface area contributed by atoms with E-state index >= 15 is 0 Å². The molecule has 0 aromatic heterocycles. The van der Waals surface area contributed by atoms with Crippen LogP contribution in [0.3, 0.4) is 0 Å². The van der Waals surface area contributed by atoms with E-state index in [1.165, 1.54) is 108 Å². The summed E-state index contributed by atoms with van der Waals surface area (Å²) in [5.41, 5.74) is 6.25. The van der Waals surface area contributed by atoms with E-state index in [-0.39, 0.29) is 5.41 Å². The highest BCUT2D eigenvalue weighted by Gasteiger charge is 2.54. The highest BCUT2D eigenvalue weighted by molar-refractivity contribution is 7.76. The number of nitrogens with zero attached hydrogens (tertiary/aromatic N) is 1. The molecule has 1 heterocycles. The Morgan fingerprint density at radius 2 is 1.18 bits per heavy atom. The molecule has 1 N–H and O–H groups in total. The summed E-state index contributed by atoms with van der Waals surface area (Å²) in [7, 11) is -0.436. The second kappa shape index (κ2) is 13.0. The van der Waals surface area contributed by atoms with Gasteiger partial charge in [-0.05, 0) is 88.9 Å². The van der Waals surface area contributed by atoms with Gasteiger partial charge in [0.1, 0.15) is 5.75 Å². The van der Waals surface area contributed by atoms with E-state index in [1.807, 2.05) is 0 Å². The lowest BCUT2D eigenvalue weighted by Gasteiger charge is -2.43. The molecule has 0 radical (unpaired) electrons. The maximum Gasteiger partial charge on any atom is 0.127 e. The molecule has 3 fully saturated rings. The first kappa shape index (κ1) is 31.0. The van der Waals surface area contributed by atoms with E-state index in [0.29, 0.717) is 11.7 Å². The molecule has 0 amide bonds. The van der Waals surface area contributed by atoms with Gasteiger partial charge in [0.15, 0.2) is 0 Å². The molecule has 9 rings (SSSR count). The van der Waals surface area contributed by atoms with Crippen LogP contribution in [-0.2, 0) is 5.41 Å². The quantitative estimate of drug-likeness (QED) is 0.145. The fourth-order valence-electron chi connectivity index (χ4n) is 9.97. The minimum absolute atomic E-state index is 0.263. The van der Waals surface area contributed by atoms with Gasteiger partial charge in [-0.25, -0.2) is 0 Å². The molecule has 246 valence electrons. The van der Waals surface area contributed by atoms with Crippen molar-refractivity contribution in [3.05, 3.63) is 121 Å². The smallest absolute Gasteiger partial charge is 0.127 e. The maximum atomic E-state index is 12.9. The van der Waals surface area contributed by atoms with Crippen molar-refractivity contribution in [2.45, 2.75) is 81.7 Å². The summed E-state index contributed by atoms with van der Waals surface area (Å²) < 4.78 is 0. The van der Waals surface area contributed by atoms with E-state index in [4.69, 9.17) is 4.99 Å². The molecule has 1 aliphatic heterocycles. The fraction of sp³-hybridized carbons (Fsp3) is 0.326. The second-order valence-electron chi connectivity index (χ2n) is 14.9. The van der Waals surface area contributed by atoms with Crippen LogP contribution in [0, 0.1) is 5.92 Å². The third-order valence-electron chi connectivity index (χ3n) is 12.3. The average Bonchev–Trinajstić information content (AvgIpc) is 3.54. The zero-order chi connectivity index (χ0) is 32.8. The Hall–Kier alpha value is -4.00. The van der Waals surface area contributed by atoms with Gasteiger partial charge in [0.2, 0.25) is 0 Å². The van der Waals surface area contributed by atoms with E-state index < -0.39 is 7.92 Å². The minimum atomic E-state index is -0.436. The number of hydrogen-bond donors (Lipinski definition) is 1. The van der Waals surface area contributed by atoms with Gasteiger partial charge in [0.05, 0.1) is 11.1 Å². The Balaban J connectivity index is 1.31. The number of para-hydroxylation sites is 1. The SMILES string of the molecule is Oc1c(-c2c3ccccc3cc3ccccc23)cccc1C1(C2CCCCC2)CCP(C2CCCCC2)C1=Nc1cccc2ccccc12. The van der Waals surface area contributed by atoms with Crippen molar-refractivity contribution < 1.29 is 5.11 Å². The maximum absolute atomic E-state index is 12.9. The molecule has 0 spiro atoms. The summed E-state index contributed by atoms with van der Waals surface area (Å²) in [6.45, 7) is 0. The molecule has 49 heavy (non-hydrogen) atoms. The molecule has 3 heteroatoms. The van der Waals surface area contributed by atoms with Crippen LogP contribution in [-0.4, -0.2) is 22.4 Å². The third-order valence-corrected chi connectivity index (χ3v) is 15.4. The first-order chi connectivity index (χ1) is 24.2. The third kappa shape index (κ3) is 5.30. The summed E-state index contributed by atoms with van der Waals surface area (Å²) in [6.07, 6.45) is 15.3. The molecule has 6 aromatic carbocycles.